The Kier molecular flexibility index (Phi) is 7.26. The lowest BCUT2D eigenvalue weighted by molar-refractivity contribution is 1.28. The predicted molar refractivity (Wildman–Crippen MR) is 223 cm³/mol. The minimum atomic E-state index is 1.12. The van der Waals surface area contributed by atoms with Crippen LogP contribution in [0.3, 0.4) is 0 Å². The standard InChI is InChI=1S/C48H31NS2/c1-3-13-36(14-4-1)49(37-15-5-2-6-16-37)38-27-25-32(26-28-38)33-29-34(39-19-11-21-43-41-17-7-9-23-45(41)50-47(39)43)31-35(30-33)40-20-12-22-44-42-18-8-10-24-46(42)51-48(40)44/h1-31H. The van der Waals surface area contributed by atoms with E-state index < -0.39 is 0 Å². The van der Waals surface area contributed by atoms with Crippen LogP contribution in [-0.4, -0.2) is 0 Å². The minimum Gasteiger partial charge on any atom is -0.311 e. The van der Waals surface area contributed by atoms with Crippen LogP contribution in [0.2, 0.25) is 0 Å². The molecule has 240 valence electrons. The second kappa shape index (κ2) is 12.4. The van der Waals surface area contributed by atoms with Crippen LogP contribution in [0.1, 0.15) is 0 Å². The van der Waals surface area contributed by atoms with Crippen molar-refractivity contribution >= 4 is 80.1 Å². The summed E-state index contributed by atoms with van der Waals surface area (Å²) in [5, 5.41) is 5.28. The smallest absolute Gasteiger partial charge is 0.0462 e. The van der Waals surface area contributed by atoms with Crippen molar-refractivity contribution in [3.8, 4) is 33.4 Å². The number of nitrogens with zero attached hydrogens (tertiary/aromatic N) is 1. The molecular formula is C48H31NS2. The molecule has 0 amide bonds. The highest BCUT2D eigenvalue weighted by Gasteiger charge is 2.17. The van der Waals surface area contributed by atoms with Gasteiger partial charge in [0, 0.05) is 57.4 Å². The molecule has 0 aliphatic carbocycles. The third-order valence-corrected chi connectivity index (χ3v) is 12.3. The highest BCUT2D eigenvalue weighted by Crippen LogP contribution is 2.45. The SMILES string of the molecule is c1ccc(N(c2ccccc2)c2ccc(-c3cc(-c4cccc5c4sc4ccccc45)cc(-c4cccc5c4sc4ccccc45)c3)cc2)cc1. The van der Waals surface area contributed by atoms with Gasteiger partial charge in [0.15, 0.2) is 0 Å². The second-order valence-electron chi connectivity index (χ2n) is 12.9. The van der Waals surface area contributed by atoms with Gasteiger partial charge in [-0.25, -0.2) is 0 Å². The van der Waals surface area contributed by atoms with Gasteiger partial charge < -0.3 is 4.90 Å². The molecule has 0 aliphatic heterocycles. The Balaban J connectivity index is 1.16. The molecule has 0 aliphatic rings. The van der Waals surface area contributed by atoms with Crippen LogP contribution < -0.4 is 4.90 Å². The van der Waals surface area contributed by atoms with Gasteiger partial charge in [0.25, 0.3) is 0 Å². The average molecular weight is 686 g/mol. The summed E-state index contributed by atoms with van der Waals surface area (Å²) in [7, 11) is 0. The van der Waals surface area contributed by atoms with E-state index in [0.29, 0.717) is 0 Å². The molecule has 0 unspecified atom stereocenters. The molecule has 0 bridgehead atoms. The maximum atomic E-state index is 2.41. The molecule has 2 heterocycles. The maximum absolute atomic E-state index is 2.41. The lowest BCUT2D eigenvalue weighted by atomic mass is 9.92. The van der Waals surface area contributed by atoms with Crippen LogP contribution in [0.5, 0.6) is 0 Å². The predicted octanol–water partition coefficient (Wildman–Crippen LogP) is 14.9. The summed E-state index contributed by atoms with van der Waals surface area (Å²) in [6, 6.07) is 68.5. The summed E-state index contributed by atoms with van der Waals surface area (Å²) >= 11 is 3.78. The maximum Gasteiger partial charge on any atom is 0.0462 e. The van der Waals surface area contributed by atoms with Gasteiger partial charge in [-0.1, -0.05) is 121 Å². The van der Waals surface area contributed by atoms with E-state index >= 15 is 0 Å². The van der Waals surface area contributed by atoms with E-state index in [4.69, 9.17) is 0 Å². The fourth-order valence-electron chi connectivity index (χ4n) is 7.46. The van der Waals surface area contributed by atoms with Crippen molar-refractivity contribution in [3.05, 3.63) is 188 Å². The van der Waals surface area contributed by atoms with Crippen LogP contribution in [0.15, 0.2) is 188 Å². The molecule has 10 rings (SSSR count). The van der Waals surface area contributed by atoms with Crippen molar-refractivity contribution < 1.29 is 0 Å². The van der Waals surface area contributed by atoms with Gasteiger partial charge in [0.2, 0.25) is 0 Å². The van der Waals surface area contributed by atoms with E-state index in [1.807, 2.05) is 22.7 Å². The Morgan fingerprint density at radius 3 is 1.22 bits per heavy atom. The summed E-state index contributed by atoms with van der Waals surface area (Å²) in [6.45, 7) is 0. The first-order valence-corrected chi connectivity index (χ1v) is 18.9. The van der Waals surface area contributed by atoms with Gasteiger partial charge in [0.05, 0.1) is 0 Å². The highest BCUT2D eigenvalue weighted by atomic mass is 32.1. The molecule has 0 spiro atoms. The zero-order valence-corrected chi connectivity index (χ0v) is 29.3. The molecule has 1 nitrogen and oxygen atoms in total. The van der Waals surface area contributed by atoms with Crippen LogP contribution in [0.25, 0.3) is 73.7 Å². The summed E-state index contributed by atoms with van der Waals surface area (Å²) in [5.74, 6) is 0. The highest BCUT2D eigenvalue weighted by molar-refractivity contribution is 7.26. The average Bonchev–Trinajstić information content (AvgIpc) is 3.78. The first-order valence-electron chi connectivity index (χ1n) is 17.3. The fourth-order valence-corrected chi connectivity index (χ4v) is 9.94. The monoisotopic (exact) mass is 685 g/mol. The quantitative estimate of drug-likeness (QED) is 0.168. The number of benzene rings is 8. The zero-order chi connectivity index (χ0) is 33.7. The van der Waals surface area contributed by atoms with Crippen molar-refractivity contribution in [1.82, 2.24) is 0 Å². The number of para-hydroxylation sites is 2. The van der Waals surface area contributed by atoms with Gasteiger partial charge in [-0.15, -0.1) is 22.7 Å². The molecule has 8 aromatic carbocycles. The molecular weight excluding hydrogens is 655 g/mol. The Bertz CT molecular complexity index is 2680. The van der Waals surface area contributed by atoms with Gasteiger partial charge in [-0.05, 0) is 100 Å². The molecule has 0 saturated heterocycles. The number of hydrogen-bond donors (Lipinski definition) is 0. The van der Waals surface area contributed by atoms with E-state index in [1.165, 1.54) is 73.7 Å². The lowest BCUT2D eigenvalue weighted by Crippen LogP contribution is -2.09. The summed E-state index contributed by atoms with van der Waals surface area (Å²) in [6.07, 6.45) is 0. The molecule has 0 atom stereocenters. The number of hydrogen-bond acceptors (Lipinski definition) is 3. The molecule has 3 heteroatoms. The van der Waals surface area contributed by atoms with E-state index in [1.54, 1.807) is 0 Å². The molecule has 10 aromatic rings. The third-order valence-electron chi connectivity index (χ3n) is 9.85. The van der Waals surface area contributed by atoms with E-state index in [2.05, 4.69) is 193 Å². The Labute approximate surface area is 304 Å². The molecule has 0 saturated carbocycles. The topological polar surface area (TPSA) is 3.24 Å². The van der Waals surface area contributed by atoms with E-state index in [9.17, 15) is 0 Å². The van der Waals surface area contributed by atoms with Gasteiger partial charge >= 0.3 is 0 Å². The summed E-state index contributed by atoms with van der Waals surface area (Å²) in [5.41, 5.74) is 10.8. The third kappa shape index (κ3) is 5.21. The normalized spacial score (nSPS) is 11.5. The van der Waals surface area contributed by atoms with Crippen molar-refractivity contribution in [2.75, 3.05) is 4.90 Å². The first kappa shape index (κ1) is 29.9. The van der Waals surface area contributed by atoms with E-state index in [-0.39, 0.29) is 0 Å². The van der Waals surface area contributed by atoms with Crippen molar-refractivity contribution in [2.24, 2.45) is 0 Å². The van der Waals surface area contributed by atoms with Crippen LogP contribution in [0, 0.1) is 0 Å². The molecule has 51 heavy (non-hydrogen) atoms. The molecule has 0 N–H and O–H groups in total. The lowest BCUT2D eigenvalue weighted by Gasteiger charge is -2.25. The Morgan fingerprint density at radius 2 is 0.706 bits per heavy atom. The largest absolute Gasteiger partial charge is 0.311 e. The van der Waals surface area contributed by atoms with Crippen molar-refractivity contribution in [2.45, 2.75) is 0 Å². The van der Waals surface area contributed by atoms with Crippen molar-refractivity contribution in [3.63, 3.8) is 0 Å². The summed E-state index contributed by atoms with van der Waals surface area (Å²) < 4.78 is 5.31. The first-order chi connectivity index (χ1) is 25.3. The second-order valence-corrected chi connectivity index (χ2v) is 15.0. The van der Waals surface area contributed by atoms with Gasteiger partial charge in [-0.3, -0.25) is 0 Å². The molecule has 2 aromatic heterocycles. The number of anilines is 3. The number of fused-ring (bicyclic) bond motifs is 6. The fraction of sp³-hybridized carbons (Fsp3) is 0. The Hall–Kier alpha value is -6.00. The molecule has 0 fully saturated rings. The minimum absolute atomic E-state index is 1.12. The Morgan fingerprint density at radius 1 is 0.294 bits per heavy atom. The van der Waals surface area contributed by atoms with Crippen LogP contribution in [0.4, 0.5) is 17.1 Å². The van der Waals surface area contributed by atoms with E-state index in [0.717, 1.165) is 17.1 Å². The van der Waals surface area contributed by atoms with Crippen LogP contribution >= 0.6 is 22.7 Å². The molecule has 0 radical (unpaired) electrons. The number of rotatable bonds is 6. The summed E-state index contributed by atoms with van der Waals surface area (Å²) in [4.78, 5) is 2.32. The number of thiophene rings is 2. The van der Waals surface area contributed by atoms with Gasteiger partial charge in [-0.2, -0.15) is 0 Å². The zero-order valence-electron chi connectivity index (χ0n) is 27.7. The van der Waals surface area contributed by atoms with Crippen molar-refractivity contribution in [1.29, 1.82) is 0 Å². The van der Waals surface area contributed by atoms with Crippen LogP contribution in [-0.2, 0) is 0 Å². The van der Waals surface area contributed by atoms with Gasteiger partial charge in [0.1, 0.15) is 0 Å².